The molecular weight excluding hydrogens is 451 g/mol. The van der Waals surface area contributed by atoms with Crippen LogP contribution in [0.1, 0.15) is 0 Å². The van der Waals surface area contributed by atoms with E-state index in [1.807, 2.05) is 32.1 Å². The molecular formula is C24H29FN8O2. The van der Waals surface area contributed by atoms with Crippen molar-refractivity contribution in [2.45, 2.75) is 0 Å². The maximum absolute atomic E-state index is 13.5. The van der Waals surface area contributed by atoms with Gasteiger partial charge in [-0.2, -0.15) is 4.98 Å². The Morgan fingerprint density at radius 2 is 1.83 bits per heavy atom. The molecule has 11 heteroatoms. The van der Waals surface area contributed by atoms with Gasteiger partial charge in [-0.15, -0.1) is 0 Å². The normalized spacial score (nSPS) is 10.6. The summed E-state index contributed by atoms with van der Waals surface area (Å²) in [6.07, 6.45) is 2.53. The first-order valence-corrected chi connectivity index (χ1v) is 10.8. The van der Waals surface area contributed by atoms with Crippen molar-refractivity contribution < 1.29 is 13.9 Å². The number of methoxy groups -OCH3 is 1. The molecule has 0 unspecified atom stereocenters. The van der Waals surface area contributed by atoms with Crippen molar-refractivity contribution in [2.24, 2.45) is 0 Å². The van der Waals surface area contributed by atoms with Gasteiger partial charge in [-0.3, -0.25) is 4.79 Å². The number of benzene rings is 2. The van der Waals surface area contributed by atoms with E-state index in [1.54, 1.807) is 25.3 Å². The highest BCUT2D eigenvalue weighted by atomic mass is 19.1. The predicted molar refractivity (Wildman–Crippen MR) is 136 cm³/mol. The Morgan fingerprint density at radius 3 is 2.49 bits per heavy atom. The highest BCUT2D eigenvalue weighted by Crippen LogP contribution is 2.37. The summed E-state index contributed by atoms with van der Waals surface area (Å²) in [5, 5.41) is 8.89. The van der Waals surface area contributed by atoms with E-state index in [0.29, 0.717) is 22.8 Å². The molecule has 0 spiro atoms. The first-order chi connectivity index (χ1) is 16.8. The molecule has 1 aromatic heterocycles. The van der Waals surface area contributed by atoms with Gasteiger partial charge in [0.15, 0.2) is 0 Å². The summed E-state index contributed by atoms with van der Waals surface area (Å²) in [6, 6.07) is 9.53. The summed E-state index contributed by atoms with van der Waals surface area (Å²) in [5.74, 6) is 0.259. The predicted octanol–water partition coefficient (Wildman–Crippen LogP) is 3.63. The first-order valence-electron chi connectivity index (χ1n) is 10.8. The van der Waals surface area contributed by atoms with Gasteiger partial charge in [0.25, 0.3) is 0 Å². The van der Waals surface area contributed by atoms with Crippen molar-refractivity contribution in [2.75, 3.05) is 62.2 Å². The minimum atomic E-state index is -0.378. The van der Waals surface area contributed by atoms with Crippen LogP contribution in [0.3, 0.4) is 0 Å². The van der Waals surface area contributed by atoms with Crippen LogP contribution in [0, 0.1) is 5.82 Å². The average molecular weight is 481 g/mol. The molecule has 0 aliphatic carbocycles. The second-order valence-electron chi connectivity index (χ2n) is 7.88. The molecule has 0 saturated carbocycles. The molecule has 3 rings (SSSR count). The Labute approximate surface area is 203 Å². The van der Waals surface area contributed by atoms with Crippen LogP contribution in [0.2, 0.25) is 0 Å². The van der Waals surface area contributed by atoms with Crippen molar-refractivity contribution >= 4 is 40.6 Å². The maximum Gasteiger partial charge on any atom is 0.247 e. The number of carbonyl (C=O) groups is 1. The van der Waals surface area contributed by atoms with Gasteiger partial charge in [0.1, 0.15) is 17.9 Å². The molecule has 0 fully saturated rings. The van der Waals surface area contributed by atoms with Crippen molar-refractivity contribution in [1.29, 1.82) is 0 Å². The monoisotopic (exact) mass is 480 g/mol. The summed E-state index contributed by atoms with van der Waals surface area (Å²) in [6.45, 7) is 5.08. The van der Waals surface area contributed by atoms with E-state index in [4.69, 9.17) is 4.74 Å². The fourth-order valence-electron chi connectivity index (χ4n) is 3.14. The number of amides is 1. The van der Waals surface area contributed by atoms with Crippen LogP contribution in [0.25, 0.3) is 0 Å². The van der Waals surface area contributed by atoms with Gasteiger partial charge in [-0.1, -0.05) is 12.6 Å². The topological polar surface area (TPSA) is 108 Å². The number of hydrogen-bond acceptors (Lipinski definition) is 9. The molecule has 0 saturated heterocycles. The molecule has 10 nitrogen and oxygen atoms in total. The zero-order valence-electron chi connectivity index (χ0n) is 20.2. The highest BCUT2D eigenvalue weighted by molar-refractivity contribution is 6.02. The van der Waals surface area contributed by atoms with E-state index < -0.39 is 0 Å². The number of likely N-dealkylation sites (N-methyl/N-ethyl adjacent to an activating group) is 2. The van der Waals surface area contributed by atoms with E-state index in [9.17, 15) is 9.18 Å². The number of ether oxygens (including phenoxy) is 1. The minimum absolute atomic E-state index is 0.229. The van der Waals surface area contributed by atoms with Crippen molar-refractivity contribution in [3.63, 3.8) is 0 Å². The molecule has 184 valence electrons. The Balaban J connectivity index is 1.91. The first kappa shape index (κ1) is 25.4. The lowest BCUT2D eigenvalue weighted by Gasteiger charge is -2.25. The molecule has 0 atom stereocenters. The van der Waals surface area contributed by atoms with Gasteiger partial charge < -0.3 is 30.5 Å². The molecule has 0 bridgehead atoms. The lowest BCUT2D eigenvalue weighted by Crippen LogP contribution is -2.29. The summed E-state index contributed by atoms with van der Waals surface area (Å²) >= 11 is 0. The van der Waals surface area contributed by atoms with Crippen LogP contribution in [0.15, 0.2) is 55.4 Å². The van der Waals surface area contributed by atoms with E-state index >= 15 is 0 Å². The van der Waals surface area contributed by atoms with Gasteiger partial charge in [-0.25, -0.2) is 14.4 Å². The minimum Gasteiger partial charge on any atom is -0.494 e. The molecule has 0 aliphatic heterocycles. The fraction of sp³-hybridized carbons (Fsp3) is 0.250. The number of aromatic nitrogens is 3. The van der Waals surface area contributed by atoms with Gasteiger partial charge in [-0.05, 0) is 44.4 Å². The number of halogens is 1. The number of rotatable bonds is 11. The molecule has 0 aliphatic rings. The average Bonchev–Trinajstić information content (AvgIpc) is 2.83. The molecule has 1 amide bonds. The second kappa shape index (κ2) is 11.7. The third-order valence-electron chi connectivity index (χ3n) is 4.95. The lowest BCUT2D eigenvalue weighted by atomic mass is 10.2. The molecule has 1 heterocycles. The number of carbonyl (C=O) groups excluding carboxylic acids is 1. The van der Waals surface area contributed by atoms with Gasteiger partial charge in [0.05, 0.1) is 24.2 Å². The number of hydrogen-bond donors (Lipinski definition) is 3. The molecule has 2 aromatic carbocycles. The van der Waals surface area contributed by atoms with Crippen LogP contribution in [0.4, 0.5) is 39.0 Å². The van der Waals surface area contributed by atoms with Gasteiger partial charge in [0, 0.05) is 31.9 Å². The molecule has 3 N–H and O–H groups in total. The Bertz CT molecular complexity index is 1190. The largest absolute Gasteiger partial charge is 0.494 e. The smallest absolute Gasteiger partial charge is 0.247 e. The van der Waals surface area contributed by atoms with E-state index in [1.165, 1.54) is 24.5 Å². The number of anilines is 6. The second-order valence-corrected chi connectivity index (χ2v) is 7.88. The molecule has 3 aromatic rings. The van der Waals surface area contributed by atoms with Crippen LogP contribution in [0.5, 0.6) is 5.75 Å². The van der Waals surface area contributed by atoms with E-state index in [-0.39, 0.29) is 23.6 Å². The Hall–Kier alpha value is -4.25. The third kappa shape index (κ3) is 7.11. The van der Waals surface area contributed by atoms with E-state index in [0.717, 1.165) is 18.8 Å². The summed E-state index contributed by atoms with van der Waals surface area (Å²) in [4.78, 5) is 28.8. The molecule has 35 heavy (non-hydrogen) atoms. The van der Waals surface area contributed by atoms with Crippen LogP contribution < -0.4 is 25.6 Å². The van der Waals surface area contributed by atoms with E-state index in [2.05, 4.69) is 42.4 Å². The summed E-state index contributed by atoms with van der Waals surface area (Å²) in [7, 11) is 7.48. The van der Waals surface area contributed by atoms with Gasteiger partial charge >= 0.3 is 0 Å². The quantitative estimate of drug-likeness (QED) is 0.355. The standard InChI is InChI=1S/C24H29FN8O2/c1-6-22(34)29-18-13-19(21(35-5)14-20(18)33(4)11-10-32(2)3)30-24-27-15-26-23(31-24)28-17-9-7-8-16(25)12-17/h6-9,12-15H,1,10-11H2,2-5H3,(H,29,34)(H2,26,27,28,30,31). The maximum atomic E-state index is 13.5. The lowest BCUT2D eigenvalue weighted by molar-refractivity contribution is -0.111. The zero-order valence-corrected chi connectivity index (χ0v) is 20.2. The highest BCUT2D eigenvalue weighted by Gasteiger charge is 2.16. The number of nitrogens with one attached hydrogen (secondary N) is 3. The van der Waals surface area contributed by atoms with Crippen molar-refractivity contribution in [3.8, 4) is 5.75 Å². The molecule has 0 radical (unpaired) electrons. The van der Waals surface area contributed by atoms with Crippen LogP contribution >= 0.6 is 0 Å². The SMILES string of the molecule is C=CC(=O)Nc1cc(Nc2ncnc(Nc3cccc(F)c3)n2)c(OC)cc1N(C)CCN(C)C. The fourth-order valence-corrected chi connectivity index (χ4v) is 3.14. The summed E-state index contributed by atoms with van der Waals surface area (Å²) in [5.41, 5.74) is 2.36. The van der Waals surface area contributed by atoms with Crippen molar-refractivity contribution in [3.05, 3.63) is 61.2 Å². The van der Waals surface area contributed by atoms with Crippen molar-refractivity contribution in [1.82, 2.24) is 19.9 Å². The number of nitrogens with zero attached hydrogens (tertiary/aromatic N) is 5. The summed E-state index contributed by atoms with van der Waals surface area (Å²) < 4.78 is 19.1. The van der Waals surface area contributed by atoms with Crippen LogP contribution in [-0.4, -0.2) is 67.1 Å². The van der Waals surface area contributed by atoms with Crippen LogP contribution in [-0.2, 0) is 4.79 Å². The Morgan fingerprint density at radius 1 is 1.09 bits per heavy atom. The third-order valence-corrected chi connectivity index (χ3v) is 4.95. The van der Waals surface area contributed by atoms with Gasteiger partial charge in [0.2, 0.25) is 17.8 Å². The zero-order chi connectivity index (χ0) is 25.4. The Kier molecular flexibility index (Phi) is 8.52.